The Balaban J connectivity index is 1.58. The number of rotatable bonds is 11. The fourth-order valence-corrected chi connectivity index (χ4v) is 7.78. The van der Waals surface area contributed by atoms with Crippen LogP contribution in [0.3, 0.4) is 0 Å². The number of benzene rings is 1. The standard InChI is InChI=1S/C31H42N2O7S/c1-6-7-8-9-19-13-22(35)26(21-12-17(4)10-11-20(21)16(2)3)23(14-19)40-31(39)32-15-24-27(30(37)38)33-28(36)25(18(5)34)29(33)41-24/h12-14,18,20-21,25,28-29,34-36H,2,6-11,15H2,1,3-5H3,(H,32,39)(H,37,38)/t18-,20+,21-,25+,28?,29?/m1/s1. The minimum absolute atomic E-state index is 0.0775. The molecule has 6 atom stereocenters. The number of allylic oxidation sites excluding steroid dienone is 3. The highest BCUT2D eigenvalue weighted by Gasteiger charge is 2.57. The van der Waals surface area contributed by atoms with Gasteiger partial charge in [0.2, 0.25) is 0 Å². The number of ether oxygens (including phenoxy) is 1. The molecule has 41 heavy (non-hydrogen) atoms. The van der Waals surface area contributed by atoms with E-state index < -0.39 is 35.7 Å². The highest BCUT2D eigenvalue weighted by molar-refractivity contribution is 8.04. The number of carboxylic acids is 1. The van der Waals surface area contributed by atoms with Gasteiger partial charge in [-0.2, -0.15) is 0 Å². The lowest BCUT2D eigenvalue weighted by Crippen LogP contribution is -2.63. The van der Waals surface area contributed by atoms with Crippen LogP contribution in [0, 0.1) is 11.8 Å². The van der Waals surface area contributed by atoms with Gasteiger partial charge in [0.05, 0.1) is 23.9 Å². The number of nitrogens with zero attached hydrogens (tertiary/aromatic N) is 1. The molecule has 1 aromatic carbocycles. The Morgan fingerprint density at radius 2 is 2.02 bits per heavy atom. The maximum Gasteiger partial charge on any atom is 0.412 e. The average molecular weight is 587 g/mol. The van der Waals surface area contributed by atoms with E-state index in [1.807, 2.05) is 13.0 Å². The zero-order valence-electron chi connectivity index (χ0n) is 24.2. The number of carboxylic acid groups (broad SMARTS) is 1. The second-order valence-electron chi connectivity index (χ2n) is 11.5. The minimum Gasteiger partial charge on any atom is -0.507 e. The lowest BCUT2D eigenvalue weighted by Gasteiger charge is -2.50. The topological polar surface area (TPSA) is 140 Å². The fourth-order valence-electron chi connectivity index (χ4n) is 6.15. The third-order valence-electron chi connectivity index (χ3n) is 8.34. The Bertz CT molecular complexity index is 1260. The number of thioether (sulfide) groups is 1. The highest BCUT2D eigenvalue weighted by atomic mass is 32.2. The molecule has 4 rings (SSSR count). The molecule has 5 N–H and O–H groups in total. The summed E-state index contributed by atoms with van der Waals surface area (Å²) < 4.78 is 5.84. The van der Waals surface area contributed by atoms with Gasteiger partial charge in [0.15, 0.2) is 0 Å². The van der Waals surface area contributed by atoms with Gasteiger partial charge in [-0.25, -0.2) is 9.59 Å². The lowest BCUT2D eigenvalue weighted by atomic mass is 9.73. The Morgan fingerprint density at radius 1 is 1.29 bits per heavy atom. The second-order valence-corrected chi connectivity index (χ2v) is 12.7. The van der Waals surface area contributed by atoms with Crippen molar-refractivity contribution in [3.8, 4) is 11.5 Å². The molecule has 1 fully saturated rings. The summed E-state index contributed by atoms with van der Waals surface area (Å²) in [6.45, 7) is 11.8. The van der Waals surface area contributed by atoms with Gasteiger partial charge < -0.3 is 35.4 Å². The van der Waals surface area contributed by atoms with Gasteiger partial charge in [-0.15, -0.1) is 11.8 Å². The van der Waals surface area contributed by atoms with Crippen LogP contribution < -0.4 is 10.1 Å². The number of hydrogen-bond acceptors (Lipinski definition) is 8. The summed E-state index contributed by atoms with van der Waals surface area (Å²) in [7, 11) is 0. The molecular weight excluding hydrogens is 544 g/mol. The Kier molecular flexibility index (Phi) is 9.77. The van der Waals surface area contributed by atoms with Crippen LogP contribution in [0.5, 0.6) is 11.5 Å². The van der Waals surface area contributed by atoms with Crippen molar-refractivity contribution < 1.29 is 34.8 Å². The van der Waals surface area contributed by atoms with Gasteiger partial charge in [0.1, 0.15) is 23.4 Å². The molecule has 2 aliphatic heterocycles. The predicted octanol–water partition coefficient (Wildman–Crippen LogP) is 5.23. The Hall–Kier alpha value is -2.95. The van der Waals surface area contributed by atoms with E-state index in [4.69, 9.17) is 4.74 Å². The largest absolute Gasteiger partial charge is 0.507 e. The number of phenols is 1. The van der Waals surface area contributed by atoms with Gasteiger partial charge in [0, 0.05) is 16.4 Å². The van der Waals surface area contributed by atoms with Crippen molar-refractivity contribution in [1.29, 1.82) is 0 Å². The van der Waals surface area contributed by atoms with Gasteiger partial charge >= 0.3 is 12.1 Å². The SMILES string of the molecule is C=C(C)[C@@H]1CCC(C)=C[C@H]1c1c(O)cc(CCCCC)cc1OC(=O)NCC1=C(C(=O)O)N2C(O)[C@H]([C@@H](C)O)C2S1. The van der Waals surface area contributed by atoms with Crippen LogP contribution in [0.25, 0.3) is 0 Å². The van der Waals surface area contributed by atoms with Gasteiger partial charge in [-0.1, -0.05) is 43.6 Å². The van der Waals surface area contributed by atoms with E-state index in [-0.39, 0.29) is 35.6 Å². The number of aliphatic carboxylic acids is 1. The molecule has 1 amide bonds. The lowest BCUT2D eigenvalue weighted by molar-refractivity contribution is -0.167. The van der Waals surface area contributed by atoms with Crippen LogP contribution in [-0.4, -0.2) is 61.6 Å². The summed E-state index contributed by atoms with van der Waals surface area (Å²) in [6, 6.07) is 3.58. The zero-order chi connectivity index (χ0) is 30.0. The number of aryl methyl sites for hydroxylation is 1. The van der Waals surface area contributed by atoms with E-state index >= 15 is 0 Å². The number of aliphatic hydroxyl groups excluding tert-OH is 2. The molecule has 0 saturated carbocycles. The van der Waals surface area contributed by atoms with Crippen LogP contribution in [0.15, 0.2) is 46.5 Å². The molecule has 0 aromatic heterocycles. The maximum absolute atomic E-state index is 13.1. The number of carbonyl (C=O) groups excluding carboxylic acids is 1. The molecule has 224 valence electrons. The molecule has 0 radical (unpaired) electrons. The molecule has 0 spiro atoms. The van der Waals surface area contributed by atoms with Crippen LogP contribution in [0.2, 0.25) is 0 Å². The summed E-state index contributed by atoms with van der Waals surface area (Å²) in [5.41, 5.74) is 3.51. The van der Waals surface area contributed by atoms with Crippen molar-refractivity contribution in [2.45, 2.75) is 89.8 Å². The summed E-state index contributed by atoms with van der Waals surface area (Å²) >= 11 is 1.21. The van der Waals surface area contributed by atoms with Gasteiger partial charge in [-0.05, 0) is 70.1 Å². The Labute approximate surface area is 246 Å². The number of nitrogens with one attached hydrogen (secondary N) is 1. The van der Waals surface area contributed by atoms with E-state index in [1.165, 1.54) is 22.2 Å². The minimum atomic E-state index is -1.22. The van der Waals surface area contributed by atoms with E-state index in [2.05, 4.69) is 31.8 Å². The molecule has 3 aliphatic rings. The molecule has 1 aliphatic carbocycles. The van der Waals surface area contributed by atoms with E-state index in [0.29, 0.717) is 10.5 Å². The van der Waals surface area contributed by atoms with Crippen LogP contribution in [0.1, 0.15) is 76.8 Å². The second kappa shape index (κ2) is 12.9. The third kappa shape index (κ3) is 6.44. The molecule has 10 heteroatoms. The number of phenolic OH excluding ortho intramolecular Hbond substituents is 1. The fraction of sp³-hybridized carbons (Fsp3) is 0.548. The van der Waals surface area contributed by atoms with Crippen molar-refractivity contribution in [3.05, 3.63) is 57.7 Å². The molecule has 9 nitrogen and oxygen atoms in total. The summed E-state index contributed by atoms with van der Waals surface area (Å²) in [5.74, 6) is -1.50. The quantitative estimate of drug-likeness (QED) is 0.174. The molecule has 1 aromatic rings. The summed E-state index contributed by atoms with van der Waals surface area (Å²) in [6.07, 6.45) is 5.00. The van der Waals surface area contributed by atoms with Crippen molar-refractivity contribution in [3.63, 3.8) is 0 Å². The van der Waals surface area contributed by atoms with E-state index in [0.717, 1.165) is 49.7 Å². The average Bonchev–Trinajstić information content (AvgIpc) is 3.21. The summed E-state index contributed by atoms with van der Waals surface area (Å²) in [5, 5.41) is 43.7. The van der Waals surface area contributed by atoms with Crippen molar-refractivity contribution in [1.82, 2.24) is 10.2 Å². The number of unbranched alkanes of at least 4 members (excludes halogenated alkanes) is 2. The third-order valence-corrected chi connectivity index (χ3v) is 9.74. The van der Waals surface area contributed by atoms with Crippen molar-refractivity contribution in [2.24, 2.45) is 11.8 Å². The van der Waals surface area contributed by atoms with Gasteiger partial charge in [-0.3, -0.25) is 0 Å². The van der Waals surface area contributed by atoms with Crippen LogP contribution in [-0.2, 0) is 11.2 Å². The highest BCUT2D eigenvalue weighted by Crippen LogP contribution is 2.52. The molecule has 1 saturated heterocycles. The smallest absolute Gasteiger partial charge is 0.412 e. The molecule has 2 unspecified atom stereocenters. The van der Waals surface area contributed by atoms with Crippen molar-refractivity contribution in [2.75, 3.05) is 6.54 Å². The van der Waals surface area contributed by atoms with E-state index in [9.17, 15) is 30.0 Å². The number of fused-ring (bicyclic) bond motifs is 1. The first-order valence-corrected chi connectivity index (χ1v) is 15.2. The van der Waals surface area contributed by atoms with Crippen LogP contribution in [0.4, 0.5) is 4.79 Å². The first kappa shape index (κ1) is 31.0. The first-order valence-electron chi connectivity index (χ1n) is 14.4. The zero-order valence-corrected chi connectivity index (χ0v) is 25.0. The number of amides is 1. The number of aromatic hydroxyl groups is 1. The number of hydrogen-bond donors (Lipinski definition) is 5. The van der Waals surface area contributed by atoms with Gasteiger partial charge in [0.25, 0.3) is 0 Å². The normalized spacial score (nSPS) is 26.1. The number of aliphatic hydroxyl groups is 2. The Morgan fingerprint density at radius 3 is 2.66 bits per heavy atom. The predicted molar refractivity (Wildman–Crippen MR) is 158 cm³/mol. The molecular formula is C31H42N2O7S. The first-order chi connectivity index (χ1) is 19.4. The summed E-state index contributed by atoms with van der Waals surface area (Å²) in [4.78, 5) is 26.9. The van der Waals surface area contributed by atoms with Crippen molar-refractivity contribution >= 4 is 23.8 Å². The molecule has 2 heterocycles. The van der Waals surface area contributed by atoms with E-state index in [1.54, 1.807) is 13.0 Å². The molecule has 0 bridgehead atoms. The maximum atomic E-state index is 13.1. The van der Waals surface area contributed by atoms with Crippen LogP contribution >= 0.6 is 11.8 Å². The monoisotopic (exact) mass is 586 g/mol. The number of carbonyl (C=O) groups is 2.